The minimum absolute atomic E-state index is 0.107. The van der Waals surface area contributed by atoms with Gasteiger partial charge in [0.2, 0.25) is 10.0 Å². The summed E-state index contributed by atoms with van der Waals surface area (Å²) in [4.78, 5) is 18.0. The van der Waals surface area contributed by atoms with Crippen LogP contribution in [0.1, 0.15) is 18.4 Å². The van der Waals surface area contributed by atoms with E-state index in [4.69, 9.17) is 9.47 Å². The van der Waals surface area contributed by atoms with Crippen LogP contribution in [0.25, 0.3) is 16.6 Å². The zero-order valence-corrected chi connectivity index (χ0v) is 17.8. The van der Waals surface area contributed by atoms with Crippen LogP contribution in [0.3, 0.4) is 0 Å². The maximum Gasteiger partial charge on any atom is 0.293 e. The van der Waals surface area contributed by atoms with Gasteiger partial charge in [0.25, 0.3) is 5.69 Å². The lowest BCUT2D eigenvalue weighted by Crippen LogP contribution is -2.35. The van der Waals surface area contributed by atoms with Crippen molar-refractivity contribution in [1.29, 1.82) is 0 Å². The van der Waals surface area contributed by atoms with Gasteiger partial charge in [-0.1, -0.05) is 6.08 Å². The maximum absolute atomic E-state index is 13.4. The van der Waals surface area contributed by atoms with Gasteiger partial charge in [0.05, 0.1) is 24.2 Å². The number of benzene rings is 1. The number of ether oxygens (including phenoxy) is 2. The zero-order chi connectivity index (χ0) is 22.3. The molecule has 0 spiro atoms. The maximum atomic E-state index is 13.4. The van der Waals surface area contributed by atoms with E-state index in [-0.39, 0.29) is 29.5 Å². The van der Waals surface area contributed by atoms with E-state index in [2.05, 4.69) is 9.97 Å². The van der Waals surface area contributed by atoms with Crippen molar-refractivity contribution < 1.29 is 22.8 Å². The van der Waals surface area contributed by atoms with Gasteiger partial charge in [0.1, 0.15) is 5.65 Å². The van der Waals surface area contributed by atoms with Crippen LogP contribution in [0, 0.1) is 10.1 Å². The Morgan fingerprint density at radius 2 is 1.97 bits per heavy atom. The molecular weight excluding hydrogens is 436 g/mol. The summed E-state index contributed by atoms with van der Waals surface area (Å²) in [7, 11) is -4.13. The minimum Gasteiger partial charge on any atom is -0.490 e. The Hall–Kier alpha value is -3.44. The van der Waals surface area contributed by atoms with E-state index >= 15 is 0 Å². The topological polar surface area (TPSA) is 128 Å². The Balaban J connectivity index is 1.48. The molecule has 4 heterocycles. The standard InChI is InChI=1S/C21H20N4O6S/c26-25(27)17-11-18-19(31-10-2-9-30-18)12-20(17)32(28,29)24-7-4-14(5-8-24)16-13-23-21-15(16)3-1-6-22-21/h1,3-4,6,11-13H,2,5,7-10H2,(H,22,23). The van der Waals surface area contributed by atoms with Gasteiger partial charge in [-0.05, 0) is 24.1 Å². The first-order valence-corrected chi connectivity index (χ1v) is 11.6. The van der Waals surface area contributed by atoms with Crippen molar-refractivity contribution in [2.75, 3.05) is 26.3 Å². The molecule has 11 heteroatoms. The molecule has 1 aromatic carbocycles. The van der Waals surface area contributed by atoms with E-state index in [1.165, 1.54) is 10.4 Å². The Kier molecular flexibility index (Phi) is 5.06. The average molecular weight is 456 g/mol. The molecule has 0 saturated carbocycles. The van der Waals surface area contributed by atoms with Crippen molar-refractivity contribution >= 4 is 32.3 Å². The number of fused-ring (bicyclic) bond motifs is 2. The van der Waals surface area contributed by atoms with Crippen LogP contribution in [0.5, 0.6) is 11.5 Å². The predicted molar refractivity (Wildman–Crippen MR) is 116 cm³/mol. The number of aromatic amines is 1. The summed E-state index contributed by atoms with van der Waals surface area (Å²) in [6.07, 6.45) is 6.48. The third-order valence-corrected chi connectivity index (χ3v) is 7.51. The molecule has 10 nitrogen and oxygen atoms in total. The van der Waals surface area contributed by atoms with E-state index < -0.39 is 20.6 Å². The molecule has 1 N–H and O–H groups in total. The van der Waals surface area contributed by atoms with E-state index in [1.807, 2.05) is 24.4 Å². The van der Waals surface area contributed by atoms with Gasteiger partial charge >= 0.3 is 0 Å². The second-order valence-corrected chi connectivity index (χ2v) is 9.42. The van der Waals surface area contributed by atoms with Crippen LogP contribution >= 0.6 is 0 Å². The van der Waals surface area contributed by atoms with E-state index in [1.54, 1.807) is 6.20 Å². The summed E-state index contributed by atoms with van der Waals surface area (Å²) < 4.78 is 39.0. The number of hydrogen-bond acceptors (Lipinski definition) is 7. The number of sulfonamides is 1. The lowest BCUT2D eigenvalue weighted by Gasteiger charge is -2.26. The highest BCUT2D eigenvalue weighted by atomic mass is 32.2. The molecule has 2 aliphatic heterocycles. The fourth-order valence-corrected chi connectivity index (χ4v) is 5.54. The van der Waals surface area contributed by atoms with Crippen molar-refractivity contribution in [1.82, 2.24) is 14.3 Å². The molecule has 0 bridgehead atoms. The molecule has 0 aliphatic carbocycles. The number of H-pyrrole nitrogens is 1. The monoisotopic (exact) mass is 456 g/mol. The Labute approximate surface area is 183 Å². The number of nitrogens with zero attached hydrogens (tertiary/aromatic N) is 3. The predicted octanol–water partition coefficient (Wildman–Crippen LogP) is 3.11. The van der Waals surface area contributed by atoms with Crippen molar-refractivity contribution in [3.05, 3.63) is 58.4 Å². The summed E-state index contributed by atoms with van der Waals surface area (Å²) in [5.74, 6) is 0.383. The molecule has 0 atom stereocenters. The first-order chi connectivity index (χ1) is 15.4. The van der Waals surface area contributed by atoms with Crippen LogP contribution in [0.2, 0.25) is 0 Å². The van der Waals surface area contributed by atoms with Gasteiger partial charge in [-0.15, -0.1) is 0 Å². The number of nitro benzene ring substituents is 1. The minimum atomic E-state index is -4.13. The summed E-state index contributed by atoms with van der Waals surface area (Å²) in [6, 6.07) is 6.15. The number of aromatic nitrogens is 2. The van der Waals surface area contributed by atoms with Gasteiger partial charge in [-0.3, -0.25) is 10.1 Å². The molecule has 0 fully saturated rings. The second-order valence-electron chi connectivity index (χ2n) is 7.52. The van der Waals surface area contributed by atoms with Crippen LogP contribution in [0.4, 0.5) is 5.69 Å². The second kappa shape index (κ2) is 7.92. The first kappa shape index (κ1) is 20.5. The van der Waals surface area contributed by atoms with Gasteiger partial charge in [-0.2, -0.15) is 4.31 Å². The fourth-order valence-electron chi connectivity index (χ4n) is 4.00. The van der Waals surface area contributed by atoms with Gasteiger partial charge in [-0.25, -0.2) is 13.4 Å². The lowest BCUT2D eigenvalue weighted by atomic mass is 10.0. The number of nitro groups is 1. The first-order valence-electron chi connectivity index (χ1n) is 10.1. The normalized spacial score (nSPS) is 17.1. The average Bonchev–Trinajstić information content (AvgIpc) is 3.09. The quantitative estimate of drug-likeness (QED) is 0.472. The van der Waals surface area contributed by atoms with Gasteiger partial charge in [0, 0.05) is 48.9 Å². The zero-order valence-electron chi connectivity index (χ0n) is 17.0. The van der Waals surface area contributed by atoms with Crippen LogP contribution in [0.15, 0.2) is 47.6 Å². The molecule has 2 aromatic heterocycles. The van der Waals surface area contributed by atoms with Gasteiger partial charge < -0.3 is 14.5 Å². The molecule has 32 heavy (non-hydrogen) atoms. The van der Waals surface area contributed by atoms with Crippen molar-refractivity contribution in [2.24, 2.45) is 0 Å². The SMILES string of the molecule is O=[N+]([O-])c1cc2c(cc1S(=O)(=O)N1CC=C(c3c[nH]c4ncccc34)CC1)OCCCO2. The number of rotatable bonds is 4. The molecule has 0 amide bonds. The summed E-state index contributed by atoms with van der Waals surface area (Å²) in [5, 5.41) is 12.6. The third kappa shape index (κ3) is 3.49. The number of nitrogens with one attached hydrogen (secondary N) is 1. The Bertz CT molecular complexity index is 1350. The highest BCUT2D eigenvalue weighted by molar-refractivity contribution is 7.89. The highest BCUT2D eigenvalue weighted by Crippen LogP contribution is 2.40. The molecule has 0 saturated heterocycles. The smallest absolute Gasteiger partial charge is 0.293 e. The fraction of sp³-hybridized carbons (Fsp3) is 0.286. The highest BCUT2D eigenvalue weighted by Gasteiger charge is 2.35. The lowest BCUT2D eigenvalue weighted by molar-refractivity contribution is -0.388. The molecule has 5 rings (SSSR count). The van der Waals surface area contributed by atoms with Crippen molar-refractivity contribution in [2.45, 2.75) is 17.7 Å². The number of pyridine rings is 1. The molecular formula is C21H20N4O6S. The van der Waals surface area contributed by atoms with Crippen LogP contribution < -0.4 is 9.47 Å². The molecule has 3 aromatic rings. The third-order valence-electron chi connectivity index (χ3n) is 5.61. The summed E-state index contributed by atoms with van der Waals surface area (Å²) in [5.41, 5.74) is 2.23. The van der Waals surface area contributed by atoms with Gasteiger partial charge in [0.15, 0.2) is 16.4 Å². The Morgan fingerprint density at radius 1 is 1.19 bits per heavy atom. The summed E-state index contributed by atoms with van der Waals surface area (Å²) >= 11 is 0. The van der Waals surface area contributed by atoms with Crippen molar-refractivity contribution in [3.8, 4) is 11.5 Å². The number of hydrogen-bond donors (Lipinski definition) is 1. The molecule has 166 valence electrons. The van der Waals surface area contributed by atoms with E-state index in [0.717, 1.165) is 28.2 Å². The van der Waals surface area contributed by atoms with E-state index in [9.17, 15) is 18.5 Å². The molecule has 0 unspecified atom stereocenters. The molecule has 2 aliphatic rings. The largest absolute Gasteiger partial charge is 0.490 e. The van der Waals surface area contributed by atoms with E-state index in [0.29, 0.717) is 26.1 Å². The van der Waals surface area contributed by atoms with Crippen LogP contribution in [-0.2, 0) is 10.0 Å². The summed E-state index contributed by atoms with van der Waals surface area (Å²) in [6.45, 7) is 1.00. The Morgan fingerprint density at radius 3 is 2.69 bits per heavy atom. The van der Waals surface area contributed by atoms with Crippen LogP contribution in [-0.4, -0.2) is 53.9 Å². The van der Waals surface area contributed by atoms with Crippen molar-refractivity contribution in [3.63, 3.8) is 0 Å². The molecule has 0 radical (unpaired) electrons.